The van der Waals surface area contributed by atoms with Crippen molar-refractivity contribution in [1.29, 1.82) is 5.26 Å². The number of carbonyl (C=O) groups is 1. The van der Waals surface area contributed by atoms with Gasteiger partial charge in [-0.15, -0.1) is 0 Å². The van der Waals surface area contributed by atoms with E-state index in [-0.39, 0.29) is 24.1 Å². The number of carbonyl (C=O) groups excluding carboxylic acids is 1. The van der Waals surface area contributed by atoms with Gasteiger partial charge in [0.1, 0.15) is 17.9 Å². The first-order valence-electron chi connectivity index (χ1n) is 14.6. The third kappa shape index (κ3) is 6.61. The zero-order valence-corrected chi connectivity index (χ0v) is 25.1. The van der Waals surface area contributed by atoms with Gasteiger partial charge in [0, 0.05) is 49.2 Å². The van der Waals surface area contributed by atoms with E-state index in [0.717, 1.165) is 50.0 Å². The first kappa shape index (κ1) is 29.6. The fourth-order valence-electron chi connectivity index (χ4n) is 5.84. The van der Waals surface area contributed by atoms with Crippen molar-refractivity contribution in [3.8, 4) is 29.0 Å². The number of likely N-dealkylation sites (tertiary alicyclic amines) is 1. The largest absolute Gasteiger partial charge is 0.489 e. The molecule has 2 aliphatic heterocycles. The summed E-state index contributed by atoms with van der Waals surface area (Å²) in [5.41, 5.74) is 3.02. The number of hydrogen-bond donors (Lipinski definition) is 1. The normalized spacial score (nSPS) is 20.6. The molecule has 4 heterocycles. The summed E-state index contributed by atoms with van der Waals surface area (Å²) >= 11 is 6.08. The highest BCUT2D eigenvalue weighted by Gasteiger charge is 2.33. The molecule has 1 amide bonds. The molecule has 10 heteroatoms. The van der Waals surface area contributed by atoms with Gasteiger partial charge < -0.3 is 24.6 Å². The van der Waals surface area contributed by atoms with Crippen molar-refractivity contribution < 1.29 is 14.3 Å². The fraction of sp³-hybridized carbons (Fsp3) is 0.438. The van der Waals surface area contributed by atoms with Crippen LogP contribution in [0.3, 0.4) is 0 Å². The van der Waals surface area contributed by atoms with Crippen molar-refractivity contribution >= 4 is 23.2 Å². The second kappa shape index (κ2) is 13.4. The van der Waals surface area contributed by atoms with Crippen molar-refractivity contribution in [2.45, 2.75) is 57.7 Å². The first-order chi connectivity index (χ1) is 20.4. The summed E-state index contributed by atoms with van der Waals surface area (Å²) in [7, 11) is 2.07. The van der Waals surface area contributed by atoms with Crippen LogP contribution >= 0.6 is 11.6 Å². The van der Waals surface area contributed by atoms with E-state index in [1.807, 2.05) is 31.2 Å². The molecule has 0 saturated carbocycles. The Morgan fingerprint density at radius 3 is 2.79 bits per heavy atom. The van der Waals surface area contributed by atoms with E-state index >= 15 is 0 Å². The monoisotopic (exact) mass is 588 g/mol. The van der Waals surface area contributed by atoms with Gasteiger partial charge in [-0.1, -0.05) is 18.5 Å². The topological polar surface area (TPSA) is 104 Å². The average Bonchev–Trinajstić information content (AvgIpc) is 3.42. The maximum Gasteiger partial charge on any atom is 0.272 e. The molecule has 9 nitrogen and oxygen atoms in total. The summed E-state index contributed by atoms with van der Waals surface area (Å²) in [5, 5.41) is 13.3. The van der Waals surface area contributed by atoms with E-state index in [2.05, 4.69) is 40.1 Å². The van der Waals surface area contributed by atoms with Crippen LogP contribution in [-0.2, 0) is 0 Å². The first-order valence-corrected chi connectivity index (χ1v) is 15.0. The molecule has 0 spiro atoms. The van der Waals surface area contributed by atoms with Gasteiger partial charge in [-0.05, 0) is 75.8 Å². The number of pyridine rings is 2. The SMILES string of the molecule is CCOc1ncccc1-c1ccc(N2CC[C@@H](Oc3ccc(Cl)cc3C#N)C[C@H]2CC)c(C(=O)N[C@@H]2CCN(C)C2)n1. The number of ether oxygens (including phenoxy) is 2. The third-order valence-corrected chi connectivity index (χ3v) is 8.18. The number of halogens is 1. The lowest BCUT2D eigenvalue weighted by atomic mass is 9.95. The van der Waals surface area contributed by atoms with E-state index < -0.39 is 0 Å². The van der Waals surface area contributed by atoms with Gasteiger partial charge in [0.15, 0.2) is 5.69 Å². The van der Waals surface area contributed by atoms with Crippen molar-refractivity contribution in [3.05, 3.63) is 64.9 Å². The fourth-order valence-corrected chi connectivity index (χ4v) is 6.01. The average molecular weight is 589 g/mol. The van der Waals surface area contributed by atoms with Crippen LogP contribution in [0.15, 0.2) is 48.7 Å². The van der Waals surface area contributed by atoms with Crippen LogP contribution in [-0.4, -0.2) is 72.3 Å². The Labute approximate surface area is 252 Å². The summed E-state index contributed by atoms with van der Waals surface area (Å²) in [6.07, 6.45) is 4.87. The van der Waals surface area contributed by atoms with Crippen molar-refractivity contribution in [2.24, 2.45) is 0 Å². The van der Waals surface area contributed by atoms with Crippen molar-refractivity contribution in [1.82, 2.24) is 20.2 Å². The predicted molar refractivity (Wildman–Crippen MR) is 163 cm³/mol. The lowest BCUT2D eigenvalue weighted by molar-refractivity contribution is 0.0933. The van der Waals surface area contributed by atoms with Gasteiger partial charge in [-0.25, -0.2) is 9.97 Å². The molecule has 1 N–H and O–H groups in total. The number of nitriles is 1. The Kier molecular flexibility index (Phi) is 9.45. The highest BCUT2D eigenvalue weighted by Crippen LogP contribution is 2.35. The molecule has 0 aliphatic carbocycles. The van der Waals surface area contributed by atoms with Crippen LogP contribution in [0, 0.1) is 11.3 Å². The predicted octanol–water partition coefficient (Wildman–Crippen LogP) is 5.33. The number of nitrogens with zero attached hydrogens (tertiary/aromatic N) is 5. The molecule has 2 saturated heterocycles. The van der Waals surface area contributed by atoms with E-state index in [1.54, 1.807) is 24.4 Å². The standard InChI is InChI=1S/C32H37ClN6O3/c1-4-24-18-25(42-29-11-8-22(33)17-21(29)19-34)13-16-39(24)28-10-9-27(26-7-6-14-35-32(26)41-5-2)37-30(28)31(40)36-23-12-15-38(3)20-23/h6-11,14,17,23-25H,4-5,12-13,15-16,18,20H2,1-3H3,(H,36,40)/t23-,24-,25-/m1/s1. The number of nitrogens with one attached hydrogen (secondary N) is 1. The van der Waals surface area contributed by atoms with Gasteiger partial charge in [0.05, 0.1) is 29.1 Å². The molecule has 220 valence electrons. The van der Waals surface area contributed by atoms with Crippen LogP contribution < -0.4 is 19.7 Å². The molecule has 2 aliphatic rings. The number of amides is 1. The quantitative estimate of drug-likeness (QED) is 0.358. The number of likely N-dealkylation sites (N-methyl/N-ethyl adjacent to an activating group) is 1. The van der Waals surface area contributed by atoms with Gasteiger partial charge in [0.25, 0.3) is 5.91 Å². The minimum absolute atomic E-state index is 0.0674. The number of hydrogen-bond acceptors (Lipinski definition) is 8. The van der Waals surface area contributed by atoms with Crippen LogP contribution in [0.5, 0.6) is 11.6 Å². The molecule has 0 radical (unpaired) electrons. The van der Waals surface area contributed by atoms with Crippen LogP contribution in [0.4, 0.5) is 5.69 Å². The Bertz CT molecular complexity index is 1460. The minimum Gasteiger partial charge on any atom is -0.489 e. The highest BCUT2D eigenvalue weighted by molar-refractivity contribution is 6.30. The van der Waals surface area contributed by atoms with Crippen LogP contribution in [0.1, 0.15) is 55.6 Å². The lowest BCUT2D eigenvalue weighted by Crippen LogP contribution is -2.47. The molecule has 2 aromatic heterocycles. The zero-order chi connectivity index (χ0) is 29.6. The number of rotatable bonds is 9. The van der Waals surface area contributed by atoms with Crippen molar-refractivity contribution in [2.75, 3.05) is 38.2 Å². The summed E-state index contributed by atoms with van der Waals surface area (Å²) in [6.45, 7) is 6.98. The third-order valence-electron chi connectivity index (χ3n) is 7.95. The summed E-state index contributed by atoms with van der Waals surface area (Å²) < 4.78 is 12.1. The van der Waals surface area contributed by atoms with E-state index in [4.69, 9.17) is 26.1 Å². The zero-order valence-electron chi connectivity index (χ0n) is 24.3. The van der Waals surface area contributed by atoms with Crippen LogP contribution in [0.2, 0.25) is 5.02 Å². The number of aromatic nitrogens is 2. The number of anilines is 1. The molecule has 0 unspecified atom stereocenters. The Hall–Kier alpha value is -3.87. The Balaban J connectivity index is 1.44. The van der Waals surface area contributed by atoms with Crippen molar-refractivity contribution in [3.63, 3.8) is 0 Å². The number of benzene rings is 1. The second-order valence-electron chi connectivity index (χ2n) is 10.8. The molecular formula is C32H37ClN6O3. The molecule has 0 bridgehead atoms. The Morgan fingerprint density at radius 1 is 1.19 bits per heavy atom. The summed E-state index contributed by atoms with van der Waals surface area (Å²) in [6, 6.07) is 15.2. The van der Waals surface area contributed by atoms with E-state index in [9.17, 15) is 10.1 Å². The smallest absolute Gasteiger partial charge is 0.272 e. The number of piperidine rings is 1. The van der Waals surface area contributed by atoms with Gasteiger partial charge >= 0.3 is 0 Å². The molecule has 5 rings (SSSR count). The highest BCUT2D eigenvalue weighted by atomic mass is 35.5. The second-order valence-corrected chi connectivity index (χ2v) is 11.3. The maximum absolute atomic E-state index is 13.8. The lowest BCUT2D eigenvalue weighted by Gasteiger charge is -2.41. The Morgan fingerprint density at radius 2 is 2.05 bits per heavy atom. The van der Waals surface area contributed by atoms with E-state index in [1.165, 1.54) is 0 Å². The summed E-state index contributed by atoms with van der Waals surface area (Å²) in [4.78, 5) is 27.7. The van der Waals surface area contributed by atoms with E-state index in [0.29, 0.717) is 46.8 Å². The molecule has 3 aromatic rings. The van der Waals surface area contributed by atoms with Crippen LogP contribution in [0.25, 0.3) is 11.3 Å². The molecule has 1 aromatic carbocycles. The minimum atomic E-state index is -0.179. The van der Waals surface area contributed by atoms with Gasteiger partial charge in [-0.3, -0.25) is 4.79 Å². The molecule has 2 fully saturated rings. The molecule has 3 atom stereocenters. The van der Waals surface area contributed by atoms with Gasteiger partial charge in [0.2, 0.25) is 5.88 Å². The summed E-state index contributed by atoms with van der Waals surface area (Å²) in [5.74, 6) is 0.860. The maximum atomic E-state index is 13.8. The molecule has 42 heavy (non-hydrogen) atoms. The van der Waals surface area contributed by atoms with Gasteiger partial charge in [-0.2, -0.15) is 5.26 Å². The molecular weight excluding hydrogens is 552 g/mol.